The Kier molecular flexibility index (Phi) is 7.37. The number of allylic oxidation sites excluding steroid dienone is 1. The Morgan fingerprint density at radius 1 is 0.893 bits per heavy atom. The predicted octanol–water partition coefficient (Wildman–Crippen LogP) is 2.54. The lowest BCUT2D eigenvalue weighted by Crippen LogP contribution is -2.28. The number of aryl methyl sites for hydroxylation is 2. The van der Waals surface area contributed by atoms with Crippen molar-refractivity contribution in [1.29, 1.82) is 0 Å². The molecule has 0 bridgehead atoms. The molecule has 0 aliphatic heterocycles. The van der Waals surface area contributed by atoms with Gasteiger partial charge in [0.15, 0.2) is 17.4 Å². The van der Waals surface area contributed by atoms with Crippen LogP contribution in [0.1, 0.15) is 58.0 Å². The smallest absolute Gasteiger partial charge is 0.240 e. The maximum atomic E-state index is 11.9. The molecule has 0 aliphatic carbocycles. The summed E-state index contributed by atoms with van der Waals surface area (Å²) in [6.45, 7) is 12.0. The number of aromatic nitrogens is 4. The lowest BCUT2D eigenvalue weighted by molar-refractivity contribution is -0.122. The van der Waals surface area contributed by atoms with Gasteiger partial charge in [-0.15, -0.1) is 0 Å². The van der Waals surface area contributed by atoms with Crippen molar-refractivity contribution < 1.29 is 18.6 Å². The van der Waals surface area contributed by atoms with Gasteiger partial charge >= 0.3 is 0 Å². The number of carbonyl (C=O) groups excluding carboxylic acids is 2. The van der Waals surface area contributed by atoms with E-state index in [0.717, 1.165) is 0 Å². The number of hydrogen-bond donors (Lipinski definition) is 0. The molecule has 28 heavy (non-hydrogen) atoms. The van der Waals surface area contributed by atoms with E-state index in [0.29, 0.717) is 23.4 Å². The average molecular weight is 391 g/mol. The van der Waals surface area contributed by atoms with Gasteiger partial charge in [-0.1, -0.05) is 10.3 Å². The van der Waals surface area contributed by atoms with Crippen LogP contribution >= 0.6 is 0 Å². The number of hydrogen-bond acceptors (Lipinski definition) is 9. The molecule has 2 aromatic heterocycles. The molecule has 0 aromatic carbocycles. The molecule has 2 heterocycles. The van der Waals surface area contributed by atoms with E-state index < -0.39 is 10.8 Å². The fourth-order valence-electron chi connectivity index (χ4n) is 1.78. The molecule has 0 atom stereocenters. The summed E-state index contributed by atoms with van der Waals surface area (Å²) in [4.78, 5) is 33.0. The van der Waals surface area contributed by atoms with Gasteiger partial charge in [-0.2, -0.15) is 9.97 Å². The summed E-state index contributed by atoms with van der Waals surface area (Å²) >= 11 is 0. The predicted molar refractivity (Wildman–Crippen MR) is 103 cm³/mol. The second-order valence-electron chi connectivity index (χ2n) is 7.74. The second-order valence-corrected chi connectivity index (χ2v) is 7.74. The molecular weight excluding hydrogens is 362 g/mol. The number of carbonyl (C=O) groups is 2. The Labute approximate surface area is 165 Å². The van der Waals surface area contributed by atoms with Gasteiger partial charge in [-0.3, -0.25) is 9.59 Å². The standard InChI is InChI=1S/C11H17N3O2.C8H12N2O2/c1-8-12-10(16-13-8)11(2,3)9(15)6-7-14(4)5;1-5(11)8(3,4)7-9-6(2)10-12-7/h6-7H,1-5H3;1-4H3/b7-6+;. The molecule has 0 fully saturated rings. The highest BCUT2D eigenvalue weighted by Crippen LogP contribution is 2.23. The number of rotatable bonds is 6. The van der Waals surface area contributed by atoms with Crippen molar-refractivity contribution in [1.82, 2.24) is 25.2 Å². The van der Waals surface area contributed by atoms with Gasteiger partial charge in [0.1, 0.15) is 16.6 Å². The first-order valence-electron chi connectivity index (χ1n) is 8.80. The fourth-order valence-corrected chi connectivity index (χ4v) is 1.78. The Bertz CT molecular complexity index is 846. The summed E-state index contributed by atoms with van der Waals surface area (Å²) in [5.74, 6) is 1.77. The largest absolute Gasteiger partial charge is 0.383 e. The van der Waals surface area contributed by atoms with Crippen molar-refractivity contribution in [3.63, 3.8) is 0 Å². The van der Waals surface area contributed by atoms with Crippen molar-refractivity contribution in [3.05, 3.63) is 35.7 Å². The Balaban J connectivity index is 0.000000292. The molecule has 0 saturated heterocycles. The summed E-state index contributed by atoms with van der Waals surface area (Å²) in [7, 11) is 3.71. The van der Waals surface area contributed by atoms with Gasteiger partial charge in [0, 0.05) is 20.3 Å². The van der Waals surface area contributed by atoms with Crippen LogP contribution in [0.15, 0.2) is 21.3 Å². The molecule has 9 nitrogen and oxygen atoms in total. The number of nitrogens with zero attached hydrogens (tertiary/aromatic N) is 5. The van der Waals surface area contributed by atoms with Crippen LogP contribution in [0, 0.1) is 13.8 Å². The van der Waals surface area contributed by atoms with E-state index in [2.05, 4.69) is 20.3 Å². The lowest BCUT2D eigenvalue weighted by Gasteiger charge is -2.16. The summed E-state index contributed by atoms with van der Waals surface area (Å²) < 4.78 is 9.94. The maximum Gasteiger partial charge on any atom is 0.240 e. The third-order valence-corrected chi connectivity index (χ3v) is 4.14. The van der Waals surface area contributed by atoms with Crippen LogP contribution in [0.5, 0.6) is 0 Å². The minimum Gasteiger partial charge on any atom is -0.383 e. The van der Waals surface area contributed by atoms with Gasteiger partial charge in [-0.25, -0.2) is 0 Å². The van der Waals surface area contributed by atoms with Crippen molar-refractivity contribution in [3.8, 4) is 0 Å². The number of Topliss-reactive ketones (excluding diaryl/α,β-unsaturated/α-hetero) is 1. The normalized spacial score (nSPS) is 11.9. The van der Waals surface area contributed by atoms with Gasteiger partial charge < -0.3 is 13.9 Å². The van der Waals surface area contributed by atoms with Crippen molar-refractivity contribution in [2.75, 3.05) is 14.1 Å². The van der Waals surface area contributed by atoms with Gasteiger partial charge in [0.2, 0.25) is 11.8 Å². The third kappa shape index (κ3) is 5.83. The Morgan fingerprint density at radius 2 is 1.32 bits per heavy atom. The molecule has 154 valence electrons. The molecular formula is C19H29N5O4. The molecule has 2 rings (SSSR count). The SMILES string of the molecule is CC(=O)C(C)(C)c1nc(C)no1.Cc1noc(C(C)(C)C(=O)/C=C/N(C)C)n1. The van der Waals surface area contributed by atoms with Crippen LogP contribution in [0.25, 0.3) is 0 Å². The molecule has 0 N–H and O–H groups in total. The minimum atomic E-state index is -0.784. The molecule has 0 aliphatic rings. The summed E-state index contributed by atoms with van der Waals surface area (Å²) in [6, 6.07) is 0. The first-order valence-corrected chi connectivity index (χ1v) is 8.80. The fraction of sp³-hybridized carbons (Fsp3) is 0.579. The first kappa shape index (κ1) is 23.2. The zero-order valence-electron chi connectivity index (χ0n) is 18.0. The summed E-state index contributed by atoms with van der Waals surface area (Å²) in [5, 5.41) is 7.31. The van der Waals surface area contributed by atoms with Gasteiger partial charge in [-0.05, 0) is 54.5 Å². The highest BCUT2D eigenvalue weighted by molar-refractivity contribution is 5.97. The molecule has 0 spiro atoms. The van der Waals surface area contributed by atoms with Crippen LogP contribution in [-0.4, -0.2) is 50.8 Å². The van der Waals surface area contributed by atoms with Crippen LogP contribution in [0.3, 0.4) is 0 Å². The summed E-state index contributed by atoms with van der Waals surface area (Å²) in [6.07, 6.45) is 3.22. The van der Waals surface area contributed by atoms with Crippen LogP contribution in [0.2, 0.25) is 0 Å². The molecule has 0 saturated carbocycles. The minimum absolute atomic E-state index is 0.0196. The first-order chi connectivity index (χ1) is 12.8. The molecule has 0 radical (unpaired) electrons. The summed E-state index contributed by atoms with van der Waals surface area (Å²) in [5.41, 5.74) is -1.45. The van der Waals surface area contributed by atoms with E-state index in [1.807, 2.05) is 14.1 Å². The second kappa shape index (κ2) is 8.90. The average Bonchev–Trinajstić information content (AvgIpc) is 3.22. The monoisotopic (exact) mass is 391 g/mol. The van der Waals surface area contributed by atoms with Crippen molar-refractivity contribution in [2.24, 2.45) is 0 Å². The topological polar surface area (TPSA) is 115 Å². The van der Waals surface area contributed by atoms with Gasteiger partial charge in [0.05, 0.1) is 0 Å². The van der Waals surface area contributed by atoms with E-state index in [4.69, 9.17) is 9.05 Å². The van der Waals surface area contributed by atoms with E-state index >= 15 is 0 Å². The van der Waals surface area contributed by atoms with E-state index in [9.17, 15) is 9.59 Å². The van der Waals surface area contributed by atoms with E-state index in [-0.39, 0.29) is 11.6 Å². The van der Waals surface area contributed by atoms with Crippen LogP contribution in [0.4, 0.5) is 0 Å². The lowest BCUT2D eigenvalue weighted by atomic mass is 9.88. The highest BCUT2D eigenvalue weighted by atomic mass is 16.5. The highest BCUT2D eigenvalue weighted by Gasteiger charge is 2.34. The molecule has 2 aromatic rings. The zero-order chi connectivity index (χ0) is 21.7. The maximum absolute atomic E-state index is 11.9. The molecule has 0 amide bonds. The van der Waals surface area contributed by atoms with Gasteiger partial charge in [0.25, 0.3) is 0 Å². The van der Waals surface area contributed by atoms with Crippen molar-refractivity contribution >= 4 is 11.6 Å². The molecule has 0 unspecified atom stereocenters. The van der Waals surface area contributed by atoms with Crippen LogP contribution < -0.4 is 0 Å². The van der Waals surface area contributed by atoms with E-state index in [1.165, 1.54) is 13.0 Å². The zero-order valence-corrected chi connectivity index (χ0v) is 18.0. The van der Waals surface area contributed by atoms with E-state index in [1.54, 1.807) is 52.6 Å². The van der Waals surface area contributed by atoms with Crippen molar-refractivity contribution in [2.45, 2.75) is 59.3 Å². The molecule has 9 heteroatoms. The Morgan fingerprint density at radius 3 is 1.64 bits per heavy atom. The third-order valence-electron chi connectivity index (χ3n) is 4.14. The Hall–Kier alpha value is -2.84. The quantitative estimate of drug-likeness (QED) is 0.685. The number of ketones is 2. The van der Waals surface area contributed by atoms with Crippen LogP contribution in [-0.2, 0) is 20.4 Å².